The zero-order valence-electron chi connectivity index (χ0n) is 9.38. The molecule has 1 fully saturated rings. The lowest BCUT2D eigenvalue weighted by atomic mass is 10.3. The molecule has 4 heteroatoms. The summed E-state index contributed by atoms with van der Waals surface area (Å²) in [5.74, 6) is 0. The lowest BCUT2D eigenvalue weighted by Gasteiger charge is -2.35. The first-order valence-electron chi connectivity index (χ1n) is 5.54. The molecule has 0 bridgehead atoms. The zero-order chi connectivity index (χ0) is 11.2. The van der Waals surface area contributed by atoms with E-state index in [0.717, 1.165) is 26.2 Å². The van der Waals surface area contributed by atoms with Gasteiger partial charge in [-0.3, -0.25) is 9.82 Å². The second kappa shape index (κ2) is 5.63. The Balaban J connectivity index is 1.83. The first kappa shape index (κ1) is 11.1. The van der Waals surface area contributed by atoms with Gasteiger partial charge in [-0.15, -0.1) is 6.58 Å². The van der Waals surface area contributed by atoms with E-state index in [0.29, 0.717) is 6.61 Å². The van der Waals surface area contributed by atoms with E-state index < -0.39 is 0 Å². The van der Waals surface area contributed by atoms with Crippen LogP contribution in [0.25, 0.3) is 0 Å². The van der Waals surface area contributed by atoms with Crippen molar-refractivity contribution in [1.29, 1.82) is 0 Å². The normalized spacial score (nSPS) is 17.4. The van der Waals surface area contributed by atoms with Gasteiger partial charge in [0.25, 0.3) is 0 Å². The fraction of sp³-hybridized carbons (Fsp3) is 0.417. The van der Waals surface area contributed by atoms with Crippen LogP contribution in [0.1, 0.15) is 0 Å². The van der Waals surface area contributed by atoms with E-state index in [1.165, 1.54) is 5.69 Å². The Morgan fingerprint density at radius 3 is 2.56 bits per heavy atom. The molecule has 2 rings (SSSR count). The molecule has 86 valence electrons. The second-order valence-corrected chi connectivity index (χ2v) is 3.71. The van der Waals surface area contributed by atoms with Crippen molar-refractivity contribution in [3.63, 3.8) is 0 Å². The van der Waals surface area contributed by atoms with E-state index in [9.17, 15) is 0 Å². The molecule has 16 heavy (non-hydrogen) atoms. The van der Waals surface area contributed by atoms with Crippen molar-refractivity contribution in [2.45, 2.75) is 0 Å². The molecule has 0 unspecified atom stereocenters. The van der Waals surface area contributed by atoms with Gasteiger partial charge in [0.2, 0.25) is 0 Å². The molecular weight excluding hydrogens is 202 g/mol. The van der Waals surface area contributed by atoms with Gasteiger partial charge in [-0.2, -0.15) is 5.06 Å². The summed E-state index contributed by atoms with van der Waals surface area (Å²) >= 11 is 0. The van der Waals surface area contributed by atoms with Crippen molar-refractivity contribution >= 4 is 5.69 Å². The van der Waals surface area contributed by atoms with E-state index in [1.807, 2.05) is 29.6 Å². The average Bonchev–Trinajstić information content (AvgIpc) is 2.38. The van der Waals surface area contributed by atoms with Gasteiger partial charge >= 0.3 is 0 Å². The predicted molar refractivity (Wildman–Crippen MR) is 64.2 cm³/mol. The van der Waals surface area contributed by atoms with Crippen LogP contribution in [-0.4, -0.2) is 42.8 Å². The Morgan fingerprint density at radius 1 is 1.25 bits per heavy atom. The molecule has 1 aliphatic heterocycles. The summed E-state index contributed by atoms with van der Waals surface area (Å²) in [5.41, 5.74) is 1.23. The van der Waals surface area contributed by atoms with Crippen LogP contribution in [-0.2, 0) is 4.84 Å². The minimum Gasteiger partial charge on any atom is -0.369 e. The van der Waals surface area contributed by atoms with E-state index in [-0.39, 0.29) is 0 Å². The highest BCUT2D eigenvalue weighted by Gasteiger charge is 2.16. The monoisotopic (exact) mass is 219 g/mol. The molecule has 1 aliphatic rings. The van der Waals surface area contributed by atoms with E-state index in [2.05, 4.69) is 16.5 Å². The lowest BCUT2D eigenvalue weighted by Crippen LogP contribution is -2.46. The topological polar surface area (TPSA) is 28.6 Å². The maximum Gasteiger partial charge on any atom is 0.0864 e. The Morgan fingerprint density at radius 2 is 1.94 bits per heavy atom. The molecular formula is C12H17N3O. The third-order valence-corrected chi connectivity index (χ3v) is 2.64. The van der Waals surface area contributed by atoms with Gasteiger partial charge in [-0.25, -0.2) is 0 Å². The standard InChI is InChI=1S/C12H17N3O/c1-2-11-16-15-9-7-14(8-10-15)12-3-5-13-6-4-12/h2-6H,1,7-11H2. The van der Waals surface area contributed by atoms with Crippen LogP contribution < -0.4 is 4.90 Å². The first-order valence-corrected chi connectivity index (χ1v) is 5.54. The number of hydrogen-bond acceptors (Lipinski definition) is 4. The molecule has 0 aromatic carbocycles. The van der Waals surface area contributed by atoms with Crippen LogP contribution in [0.3, 0.4) is 0 Å². The van der Waals surface area contributed by atoms with Crippen molar-refractivity contribution in [2.24, 2.45) is 0 Å². The molecule has 0 aliphatic carbocycles. The highest BCUT2D eigenvalue weighted by molar-refractivity contribution is 5.44. The van der Waals surface area contributed by atoms with E-state index in [1.54, 1.807) is 6.08 Å². The molecule has 0 saturated carbocycles. The van der Waals surface area contributed by atoms with Crippen molar-refractivity contribution in [3.05, 3.63) is 37.2 Å². The van der Waals surface area contributed by atoms with Crippen molar-refractivity contribution in [3.8, 4) is 0 Å². The Labute approximate surface area is 96.1 Å². The smallest absolute Gasteiger partial charge is 0.0864 e. The van der Waals surface area contributed by atoms with Gasteiger partial charge in [0.1, 0.15) is 0 Å². The van der Waals surface area contributed by atoms with Crippen LogP contribution >= 0.6 is 0 Å². The third-order valence-electron chi connectivity index (χ3n) is 2.64. The SMILES string of the molecule is C=CCON1CCN(c2ccncc2)CC1. The minimum absolute atomic E-state index is 0.593. The Kier molecular flexibility index (Phi) is 3.91. The van der Waals surface area contributed by atoms with Crippen LogP contribution in [0.2, 0.25) is 0 Å². The third kappa shape index (κ3) is 2.81. The minimum atomic E-state index is 0.593. The number of rotatable bonds is 4. The summed E-state index contributed by atoms with van der Waals surface area (Å²) in [6.07, 6.45) is 5.43. The fourth-order valence-corrected chi connectivity index (χ4v) is 1.79. The van der Waals surface area contributed by atoms with Crippen LogP contribution in [0.15, 0.2) is 37.2 Å². The molecule has 2 heterocycles. The van der Waals surface area contributed by atoms with Gasteiger partial charge in [-0.05, 0) is 12.1 Å². The number of pyridine rings is 1. The zero-order valence-corrected chi connectivity index (χ0v) is 9.38. The second-order valence-electron chi connectivity index (χ2n) is 3.71. The van der Waals surface area contributed by atoms with Gasteiger partial charge in [0, 0.05) is 44.3 Å². The number of anilines is 1. The molecule has 0 radical (unpaired) electrons. The lowest BCUT2D eigenvalue weighted by molar-refractivity contribution is -0.150. The summed E-state index contributed by atoms with van der Waals surface area (Å²) in [7, 11) is 0. The fourth-order valence-electron chi connectivity index (χ4n) is 1.79. The first-order chi connectivity index (χ1) is 7.90. The summed E-state index contributed by atoms with van der Waals surface area (Å²) in [4.78, 5) is 11.9. The Bertz CT molecular complexity index is 320. The Hall–Kier alpha value is -1.39. The number of hydrogen-bond donors (Lipinski definition) is 0. The molecule has 1 saturated heterocycles. The van der Waals surface area contributed by atoms with Gasteiger partial charge in [0.15, 0.2) is 0 Å². The number of piperazine rings is 1. The van der Waals surface area contributed by atoms with Gasteiger partial charge in [0.05, 0.1) is 6.61 Å². The van der Waals surface area contributed by atoms with Gasteiger partial charge < -0.3 is 4.90 Å². The number of aromatic nitrogens is 1. The number of hydroxylamine groups is 2. The maximum atomic E-state index is 5.49. The molecule has 0 N–H and O–H groups in total. The average molecular weight is 219 g/mol. The summed E-state index contributed by atoms with van der Waals surface area (Å²) in [6.45, 7) is 8.06. The summed E-state index contributed by atoms with van der Waals surface area (Å²) in [6, 6.07) is 4.08. The van der Waals surface area contributed by atoms with Gasteiger partial charge in [-0.1, -0.05) is 6.08 Å². The van der Waals surface area contributed by atoms with Crippen molar-refractivity contribution in [1.82, 2.24) is 10.0 Å². The highest BCUT2D eigenvalue weighted by Crippen LogP contribution is 2.14. The quantitative estimate of drug-likeness (QED) is 0.714. The number of nitrogens with zero attached hydrogens (tertiary/aromatic N) is 3. The maximum absolute atomic E-state index is 5.49. The molecule has 1 aromatic rings. The molecule has 0 spiro atoms. The van der Waals surface area contributed by atoms with Crippen molar-refractivity contribution in [2.75, 3.05) is 37.7 Å². The predicted octanol–water partition coefficient (Wildman–Crippen LogP) is 1.32. The molecule has 4 nitrogen and oxygen atoms in total. The van der Waals surface area contributed by atoms with Crippen molar-refractivity contribution < 1.29 is 4.84 Å². The van der Waals surface area contributed by atoms with Crippen LogP contribution in [0, 0.1) is 0 Å². The largest absolute Gasteiger partial charge is 0.369 e. The van der Waals surface area contributed by atoms with E-state index in [4.69, 9.17) is 4.84 Å². The highest BCUT2D eigenvalue weighted by atomic mass is 16.7. The summed E-state index contributed by atoms with van der Waals surface area (Å²) in [5, 5.41) is 2.00. The summed E-state index contributed by atoms with van der Waals surface area (Å²) < 4.78 is 0. The van der Waals surface area contributed by atoms with Crippen LogP contribution in [0.4, 0.5) is 5.69 Å². The van der Waals surface area contributed by atoms with Crippen LogP contribution in [0.5, 0.6) is 0 Å². The molecule has 0 amide bonds. The molecule has 1 aromatic heterocycles. The van der Waals surface area contributed by atoms with E-state index >= 15 is 0 Å². The molecule has 0 atom stereocenters.